The van der Waals surface area contributed by atoms with Crippen LogP contribution in [0.1, 0.15) is 11.1 Å². The van der Waals surface area contributed by atoms with E-state index in [1.165, 1.54) is 11.1 Å². The highest BCUT2D eigenvalue weighted by atomic mass is 16.3. The van der Waals surface area contributed by atoms with Crippen LogP contribution in [0.15, 0.2) is 40.8 Å². The van der Waals surface area contributed by atoms with Crippen LogP contribution in [0.2, 0.25) is 0 Å². The van der Waals surface area contributed by atoms with E-state index >= 15 is 0 Å². The molecule has 18 heavy (non-hydrogen) atoms. The van der Waals surface area contributed by atoms with E-state index in [0.29, 0.717) is 11.6 Å². The van der Waals surface area contributed by atoms with Gasteiger partial charge in [-0.3, -0.25) is 0 Å². The zero-order valence-electron chi connectivity index (χ0n) is 10.4. The second kappa shape index (κ2) is 3.88. The molecule has 0 atom stereocenters. The van der Waals surface area contributed by atoms with Gasteiger partial charge in [0.15, 0.2) is 5.58 Å². The number of aromatic nitrogens is 1. The molecule has 1 aromatic heterocycles. The summed E-state index contributed by atoms with van der Waals surface area (Å²) in [5, 5.41) is 0. The number of fused-ring (bicyclic) bond motifs is 1. The molecular formula is C15H14N2O. The van der Waals surface area contributed by atoms with Crippen LogP contribution in [0.5, 0.6) is 0 Å². The third-order valence-electron chi connectivity index (χ3n) is 3.14. The average molecular weight is 238 g/mol. The maximum Gasteiger partial charge on any atom is 0.227 e. The Morgan fingerprint density at radius 3 is 2.61 bits per heavy atom. The van der Waals surface area contributed by atoms with Gasteiger partial charge in [0.25, 0.3) is 0 Å². The van der Waals surface area contributed by atoms with E-state index in [9.17, 15) is 0 Å². The normalized spacial score (nSPS) is 11.0. The minimum absolute atomic E-state index is 0.613. The molecule has 2 N–H and O–H groups in total. The zero-order chi connectivity index (χ0) is 12.7. The number of nitrogens with zero attached hydrogens (tertiary/aromatic N) is 1. The molecule has 3 nitrogen and oxygen atoms in total. The Balaban J connectivity index is 2.19. The Bertz CT molecular complexity index is 689. The van der Waals surface area contributed by atoms with E-state index in [0.717, 1.165) is 16.7 Å². The SMILES string of the molecule is Cc1cc2nc(-c3cccc(N)c3)oc2cc1C. The van der Waals surface area contributed by atoms with Gasteiger partial charge in [-0.15, -0.1) is 0 Å². The molecule has 0 saturated carbocycles. The topological polar surface area (TPSA) is 52.0 Å². The number of oxazole rings is 1. The highest BCUT2D eigenvalue weighted by Crippen LogP contribution is 2.27. The molecule has 90 valence electrons. The fourth-order valence-corrected chi connectivity index (χ4v) is 1.98. The number of hydrogen-bond acceptors (Lipinski definition) is 3. The second-order valence-corrected chi connectivity index (χ2v) is 4.55. The minimum Gasteiger partial charge on any atom is -0.436 e. The lowest BCUT2D eigenvalue weighted by Gasteiger charge is -1.96. The van der Waals surface area contributed by atoms with Gasteiger partial charge in [-0.05, 0) is 55.3 Å². The highest BCUT2D eigenvalue weighted by Gasteiger charge is 2.09. The zero-order valence-corrected chi connectivity index (χ0v) is 10.4. The third kappa shape index (κ3) is 1.74. The standard InChI is InChI=1S/C15H14N2O/c1-9-6-13-14(7-10(9)2)18-15(17-13)11-4-3-5-12(16)8-11/h3-8H,16H2,1-2H3. The molecule has 3 rings (SSSR count). The van der Waals surface area contributed by atoms with Gasteiger partial charge < -0.3 is 10.2 Å². The maximum absolute atomic E-state index is 5.78. The van der Waals surface area contributed by atoms with Gasteiger partial charge in [0.1, 0.15) is 5.52 Å². The Hall–Kier alpha value is -2.29. The summed E-state index contributed by atoms with van der Waals surface area (Å²) >= 11 is 0. The molecular weight excluding hydrogens is 224 g/mol. The summed E-state index contributed by atoms with van der Waals surface area (Å²) in [5.74, 6) is 0.613. The average Bonchev–Trinajstić information content (AvgIpc) is 2.73. The summed E-state index contributed by atoms with van der Waals surface area (Å²) in [7, 11) is 0. The molecule has 3 aromatic rings. The van der Waals surface area contributed by atoms with E-state index in [-0.39, 0.29) is 0 Å². The predicted octanol–water partition coefficient (Wildman–Crippen LogP) is 3.69. The van der Waals surface area contributed by atoms with Crippen LogP contribution in [0.3, 0.4) is 0 Å². The van der Waals surface area contributed by atoms with Crippen LogP contribution in [-0.2, 0) is 0 Å². The molecule has 1 heterocycles. The van der Waals surface area contributed by atoms with Crippen molar-refractivity contribution >= 4 is 16.8 Å². The smallest absolute Gasteiger partial charge is 0.227 e. The maximum atomic E-state index is 5.78. The number of benzene rings is 2. The van der Waals surface area contributed by atoms with Crippen LogP contribution in [0.4, 0.5) is 5.69 Å². The molecule has 3 heteroatoms. The monoisotopic (exact) mass is 238 g/mol. The van der Waals surface area contributed by atoms with Gasteiger partial charge in [0, 0.05) is 11.3 Å². The lowest BCUT2D eigenvalue weighted by atomic mass is 10.1. The summed E-state index contributed by atoms with van der Waals surface area (Å²) < 4.78 is 5.78. The van der Waals surface area contributed by atoms with Gasteiger partial charge >= 0.3 is 0 Å². The summed E-state index contributed by atoms with van der Waals surface area (Å²) in [6.45, 7) is 4.14. The van der Waals surface area contributed by atoms with Crippen LogP contribution in [0.25, 0.3) is 22.6 Å². The lowest BCUT2D eigenvalue weighted by molar-refractivity contribution is 0.619. The molecule has 0 aliphatic heterocycles. The summed E-state index contributed by atoms with van der Waals surface area (Å²) in [6.07, 6.45) is 0. The van der Waals surface area contributed by atoms with Crippen molar-refractivity contribution in [1.82, 2.24) is 4.98 Å². The fourth-order valence-electron chi connectivity index (χ4n) is 1.98. The van der Waals surface area contributed by atoms with Crippen molar-refractivity contribution < 1.29 is 4.42 Å². The molecule has 2 aromatic carbocycles. The van der Waals surface area contributed by atoms with E-state index in [1.54, 1.807) is 0 Å². The molecule has 0 spiro atoms. The van der Waals surface area contributed by atoms with Crippen molar-refractivity contribution in [3.8, 4) is 11.5 Å². The lowest BCUT2D eigenvalue weighted by Crippen LogP contribution is -1.84. The Kier molecular flexibility index (Phi) is 2.33. The molecule has 0 bridgehead atoms. The van der Waals surface area contributed by atoms with Crippen molar-refractivity contribution in [2.45, 2.75) is 13.8 Å². The molecule has 0 saturated heterocycles. The second-order valence-electron chi connectivity index (χ2n) is 4.55. The number of aryl methyl sites for hydroxylation is 2. The third-order valence-corrected chi connectivity index (χ3v) is 3.14. The minimum atomic E-state index is 0.613. The number of anilines is 1. The Labute approximate surface area is 105 Å². The van der Waals surface area contributed by atoms with Crippen LogP contribution >= 0.6 is 0 Å². The molecule has 0 aliphatic carbocycles. The fraction of sp³-hybridized carbons (Fsp3) is 0.133. The van der Waals surface area contributed by atoms with E-state index in [4.69, 9.17) is 10.2 Å². The molecule has 0 amide bonds. The Morgan fingerprint density at radius 1 is 1.06 bits per heavy atom. The number of nitrogen functional groups attached to an aromatic ring is 1. The number of hydrogen-bond donors (Lipinski definition) is 1. The van der Waals surface area contributed by atoms with Crippen molar-refractivity contribution in [3.63, 3.8) is 0 Å². The molecule has 0 aliphatic rings. The van der Waals surface area contributed by atoms with Gasteiger partial charge in [0.2, 0.25) is 5.89 Å². The summed E-state index contributed by atoms with van der Waals surface area (Å²) in [5.41, 5.74) is 11.5. The van der Waals surface area contributed by atoms with Crippen molar-refractivity contribution in [2.75, 3.05) is 5.73 Å². The van der Waals surface area contributed by atoms with Crippen molar-refractivity contribution in [1.29, 1.82) is 0 Å². The van der Waals surface area contributed by atoms with Crippen molar-refractivity contribution in [3.05, 3.63) is 47.5 Å². The Morgan fingerprint density at radius 2 is 1.83 bits per heavy atom. The quantitative estimate of drug-likeness (QED) is 0.658. The first-order chi connectivity index (χ1) is 8.63. The summed E-state index contributed by atoms with van der Waals surface area (Å²) in [6, 6.07) is 11.6. The summed E-state index contributed by atoms with van der Waals surface area (Å²) in [4.78, 5) is 4.50. The van der Waals surface area contributed by atoms with E-state index in [1.807, 2.05) is 36.4 Å². The van der Waals surface area contributed by atoms with Crippen LogP contribution < -0.4 is 5.73 Å². The molecule has 0 radical (unpaired) electrons. The number of rotatable bonds is 1. The van der Waals surface area contributed by atoms with Gasteiger partial charge in [0.05, 0.1) is 0 Å². The first kappa shape index (κ1) is 10.8. The van der Waals surface area contributed by atoms with Gasteiger partial charge in [-0.1, -0.05) is 6.07 Å². The first-order valence-electron chi connectivity index (χ1n) is 5.87. The molecule has 0 unspecified atom stereocenters. The van der Waals surface area contributed by atoms with E-state index < -0.39 is 0 Å². The largest absolute Gasteiger partial charge is 0.436 e. The van der Waals surface area contributed by atoms with Crippen LogP contribution in [0, 0.1) is 13.8 Å². The predicted molar refractivity (Wildman–Crippen MR) is 73.3 cm³/mol. The van der Waals surface area contributed by atoms with E-state index in [2.05, 4.69) is 18.8 Å². The first-order valence-corrected chi connectivity index (χ1v) is 5.87. The molecule has 0 fully saturated rings. The van der Waals surface area contributed by atoms with Gasteiger partial charge in [-0.2, -0.15) is 0 Å². The van der Waals surface area contributed by atoms with Gasteiger partial charge in [-0.25, -0.2) is 4.98 Å². The van der Waals surface area contributed by atoms with Crippen molar-refractivity contribution in [2.24, 2.45) is 0 Å². The highest BCUT2D eigenvalue weighted by molar-refractivity contribution is 5.78. The van der Waals surface area contributed by atoms with Crippen LogP contribution in [-0.4, -0.2) is 4.98 Å². The number of nitrogens with two attached hydrogens (primary N) is 1.